The van der Waals surface area contributed by atoms with E-state index in [1.165, 1.54) is 0 Å². The predicted molar refractivity (Wildman–Crippen MR) is 106 cm³/mol. The molecular weight excluding hydrogens is 483 g/mol. The number of aryl methyl sites for hydroxylation is 1. The fourth-order valence-electron chi connectivity index (χ4n) is 3.28. The Morgan fingerprint density at radius 2 is 2.26 bits per heavy atom. The van der Waals surface area contributed by atoms with Crippen LogP contribution in [0, 0.1) is 15.0 Å². The minimum absolute atomic E-state index is 0.180. The summed E-state index contributed by atoms with van der Waals surface area (Å²) >= 11 is 8.10. The Balaban J connectivity index is 1.70. The van der Waals surface area contributed by atoms with E-state index in [2.05, 4.69) is 16.2 Å². The molecule has 0 radical (unpaired) electrons. The first-order chi connectivity index (χ1) is 13.0. The molecule has 7 nitrogen and oxygen atoms in total. The first kappa shape index (κ1) is 18.0. The predicted octanol–water partition coefficient (Wildman–Crippen LogP) is 4.54. The second kappa shape index (κ2) is 6.98. The quantitative estimate of drug-likeness (QED) is 0.414. The number of hydrogen-bond donors (Lipinski definition) is 1. The van der Waals surface area contributed by atoms with Gasteiger partial charge in [-0.3, -0.25) is 0 Å². The van der Waals surface area contributed by atoms with Crippen molar-refractivity contribution in [3.05, 3.63) is 49.9 Å². The lowest BCUT2D eigenvalue weighted by atomic mass is 9.92. The number of rotatable bonds is 2. The van der Waals surface area contributed by atoms with Gasteiger partial charge in [-0.15, -0.1) is 0 Å². The summed E-state index contributed by atoms with van der Waals surface area (Å²) in [7, 11) is 0. The van der Waals surface area contributed by atoms with Crippen LogP contribution in [0.25, 0.3) is 10.9 Å². The number of carbonyl (C=O) groups is 1. The molecule has 136 valence electrons. The Morgan fingerprint density at radius 1 is 1.44 bits per heavy atom. The number of fused-ring (bicyclic) bond motifs is 2. The van der Waals surface area contributed by atoms with E-state index in [0.717, 1.165) is 35.2 Å². The molecule has 1 aromatic carbocycles. The van der Waals surface area contributed by atoms with Crippen LogP contribution in [-0.4, -0.2) is 26.0 Å². The molecule has 27 heavy (non-hydrogen) atoms. The lowest BCUT2D eigenvalue weighted by molar-refractivity contribution is 0.178. The van der Waals surface area contributed by atoms with E-state index < -0.39 is 6.09 Å². The third-order valence-electron chi connectivity index (χ3n) is 4.49. The molecule has 1 atom stereocenters. The Labute approximate surface area is 172 Å². The molecule has 2 aromatic heterocycles. The molecule has 0 fully saturated rings. The molecule has 0 spiro atoms. The number of pyridine rings is 1. The van der Waals surface area contributed by atoms with Gasteiger partial charge in [0.2, 0.25) is 0 Å². The van der Waals surface area contributed by atoms with Gasteiger partial charge in [0.05, 0.1) is 16.8 Å². The maximum Gasteiger partial charge on any atom is 0.432 e. The first-order valence-electron chi connectivity index (χ1n) is 8.15. The van der Waals surface area contributed by atoms with E-state index in [4.69, 9.17) is 21.6 Å². The molecule has 0 aliphatic heterocycles. The molecule has 0 amide bonds. The van der Waals surface area contributed by atoms with Crippen molar-refractivity contribution < 1.29 is 14.6 Å². The van der Waals surface area contributed by atoms with Gasteiger partial charge in [0, 0.05) is 5.39 Å². The van der Waals surface area contributed by atoms with E-state index in [1.807, 2.05) is 22.6 Å². The topological polar surface area (TPSA) is 101 Å². The molecule has 9 heteroatoms. The zero-order valence-electron chi connectivity index (χ0n) is 13.8. The summed E-state index contributed by atoms with van der Waals surface area (Å²) in [4.78, 5) is 15.7. The lowest BCUT2D eigenvalue weighted by Gasteiger charge is -2.25. The Kier molecular flexibility index (Phi) is 4.65. The number of nitrogens with zero attached hydrogens (tertiary/aromatic N) is 4. The van der Waals surface area contributed by atoms with Crippen molar-refractivity contribution in [3.8, 4) is 11.8 Å². The van der Waals surface area contributed by atoms with Gasteiger partial charge in [-0.1, -0.05) is 11.6 Å². The summed E-state index contributed by atoms with van der Waals surface area (Å²) in [6.07, 6.45) is 1.12. The third kappa shape index (κ3) is 3.21. The molecule has 0 saturated heterocycles. The van der Waals surface area contributed by atoms with Crippen molar-refractivity contribution in [2.45, 2.75) is 25.4 Å². The summed E-state index contributed by atoms with van der Waals surface area (Å²) in [6.45, 7) is 0. The summed E-state index contributed by atoms with van der Waals surface area (Å²) in [5, 5.41) is 23.3. The van der Waals surface area contributed by atoms with Crippen LogP contribution in [0.2, 0.25) is 5.15 Å². The highest BCUT2D eigenvalue weighted by molar-refractivity contribution is 14.1. The zero-order chi connectivity index (χ0) is 19.1. The highest BCUT2D eigenvalue weighted by Gasteiger charge is 2.25. The highest BCUT2D eigenvalue weighted by Crippen LogP contribution is 2.35. The van der Waals surface area contributed by atoms with Crippen LogP contribution in [-0.2, 0) is 6.42 Å². The molecular formula is C18H12ClIN4O3. The lowest BCUT2D eigenvalue weighted by Crippen LogP contribution is -2.17. The maximum atomic E-state index is 11.3. The summed E-state index contributed by atoms with van der Waals surface area (Å²) < 4.78 is 7.68. The summed E-state index contributed by atoms with van der Waals surface area (Å²) in [5.41, 5.74) is 2.60. The van der Waals surface area contributed by atoms with Crippen molar-refractivity contribution >= 4 is 51.2 Å². The van der Waals surface area contributed by atoms with Gasteiger partial charge in [0.15, 0.2) is 0 Å². The maximum absolute atomic E-state index is 11.3. The number of aromatic nitrogens is 3. The van der Waals surface area contributed by atoms with Crippen LogP contribution in [0.3, 0.4) is 0 Å². The molecule has 2 heterocycles. The van der Waals surface area contributed by atoms with Gasteiger partial charge in [-0.2, -0.15) is 15.0 Å². The number of hydrogen-bond acceptors (Lipinski definition) is 5. The monoisotopic (exact) mass is 494 g/mol. The number of halogens is 2. The van der Waals surface area contributed by atoms with Crippen molar-refractivity contribution in [1.29, 1.82) is 5.26 Å². The van der Waals surface area contributed by atoms with Crippen LogP contribution in [0.5, 0.6) is 5.75 Å². The van der Waals surface area contributed by atoms with Gasteiger partial charge in [0.25, 0.3) is 0 Å². The van der Waals surface area contributed by atoms with Gasteiger partial charge in [-0.05, 0) is 71.7 Å². The van der Waals surface area contributed by atoms with E-state index in [1.54, 1.807) is 24.3 Å². The zero-order valence-corrected chi connectivity index (χ0v) is 16.7. The smallest absolute Gasteiger partial charge is 0.432 e. The van der Waals surface area contributed by atoms with E-state index in [-0.39, 0.29) is 11.3 Å². The molecule has 1 aliphatic carbocycles. The van der Waals surface area contributed by atoms with Gasteiger partial charge in [0.1, 0.15) is 26.8 Å². The highest BCUT2D eigenvalue weighted by atomic mass is 127. The number of nitriles is 1. The Morgan fingerprint density at radius 3 is 3.00 bits per heavy atom. The molecule has 3 aromatic rings. The second-order valence-corrected chi connectivity index (χ2v) is 7.53. The molecule has 1 N–H and O–H groups in total. The minimum atomic E-state index is -1.13. The van der Waals surface area contributed by atoms with Crippen LogP contribution in [0.1, 0.15) is 35.8 Å². The second-order valence-electron chi connectivity index (χ2n) is 6.15. The van der Waals surface area contributed by atoms with Crippen LogP contribution in [0.4, 0.5) is 4.79 Å². The average molecular weight is 495 g/mol. The minimum Gasteiger partial charge on any atom is -0.484 e. The average Bonchev–Trinajstić information content (AvgIpc) is 2.98. The first-order valence-corrected chi connectivity index (χ1v) is 9.61. The fourth-order valence-corrected chi connectivity index (χ4v) is 4.11. The number of ether oxygens (including phenoxy) is 1. The summed E-state index contributed by atoms with van der Waals surface area (Å²) in [6, 6.07) is 9.01. The van der Waals surface area contributed by atoms with Crippen LogP contribution < -0.4 is 4.74 Å². The van der Waals surface area contributed by atoms with Crippen LogP contribution >= 0.6 is 34.2 Å². The van der Waals surface area contributed by atoms with Gasteiger partial charge < -0.3 is 9.84 Å². The molecule has 1 aliphatic rings. The largest absolute Gasteiger partial charge is 0.484 e. The Hall–Kier alpha value is -2.38. The van der Waals surface area contributed by atoms with Crippen molar-refractivity contribution in [2.75, 3.05) is 0 Å². The SMILES string of the molecule is N#Cc1cc2c(nc1Cl)C(Oc1ccc3c(c1)c(I)nn3C(=O)O)CCC2. The molecule has 0 bridgehead atoms. The Bertz CT molecular complexity index is 1120. The molecule has 0 saturated carbocycles. The van der Waals surface area contributed by atoms with E-state index >= 15 is 0 Å². The van der Waals surface area contributed by atoms with Crippen molar-refractivity contribution in [1.82, 2.24) is 14.8 Å². The number of benzene rings is 1. The third-order valence-corrected chi connectivity index (χ3v) is 5.58. The van der Waals surface area contributed by atoms with Crippen molar-refractivity contribution in [2.24, 2.45) is 0 Å². The van der Waals surface area contributed by atoms with Gasteiger partial charge in [-0.25, -0.2) is 9.78 Å². The summed E-state index contributed by atoms with van der Waals surface area (Å²) in [5.74, 6) is 0.602. The standard InChI is InChI=1S/C18H12ClIN4O3/c19-16-10(8-21)6-9-2-1-3-14(15(9)22-16)27-11-4-5-13-12(7-11)17(20)23-24(13)18(25)26/h4-7,14H,1-3H2,(H,25,26). The fraction of sp³-hybridized carbons (Fsp3) is 0.222. The number of carboxylic acid groups (broad SMARTS) is 1. The molecule has 1 unspecified atom stereocenters. The van der Waals surface area contributed by atoms with E-state index in [0.29, 0.717) is 25.9 Å². The van der Waals surface area contributed by atoms with Gasteiger partial charge >= 0.3 is 6.09 Å². The van der Waals surface area contributed by atoms with Crippen molar-refractivity contribution in [3.63, 3.8) is 0 Å². The molecule has 4 rings (SSSR count). The van der Waals surface area contributed by atoms with E-state index in [9.17, 15) is 9.90 Å². The van der Waals surface area contributed by atoms with Crippen LogP contribution in [0.15, 0.2) is 24.3 Å². The normalized spacial score (nSPS) is 16.0.